The van der Waals surface area contributed by atoms with Crippen molar-refractivity contribution in [2.24, 2.45) is 33.0 Å². The molecule has 1 aliphatic carbocycles. The molecule has 0 unspecified atom stereocenters. The van der Waals surface area contributed by atoms with Gasteiger partial charge in [-0.2, -0.15) is 5.11 Å². The van der Waals surface area contributed by atoms with Gasteiger partial charge in [-0.05, 0) is 125 Å². The van der Waals surface area contributed by atoms with Crippen molar-refractivity contribution >= 4 is 35.2 Å². The van der Waals surface area contributed by atoms with Gasteiger partial charge in [-0.3, -0.25) is 14.4 Å². The Bertz CT molecular complexity index is 1860. The number of likely N-dealkylation sites (N-methyl/N-ethyl adjacent to an activating group) is 1. The maximum absolute atomic E-state index is 13.9. The van der Waals surface area contributed by atoms with Crippen LogP contribution in [0, 0.1) is 17.8 Å². The van der Waals surface area contributed by atoms with Gasteiger partial charge >= 0.3 is 6.09 Å². The lowest BCUT2D eigenvalue weighted by molar-refractivity contribution is -0.129. The summed E-state index contributed by atoms with van der Waals surface area (Å²) in [5.41, 5.74) is 4.28. The number of hydrogen-bond donors (Lipinski definition) is 3. The number of rotatable bonds is 17. The summed E-state index contributed by atoms with van der Waals surface area (Å²) in [5.74, 6) is -0.116. The smallest absolute Gasteiger partial charge is 0.407 e. The first kappa shape index (κ1) is 41.9. The number of carbonyl (C=O) groups is 4. The first-order valence-corrected chi connectivity index (χ1v) is 19.9. The monoisotopic (exact) mass is 763 g/mol. The first-order chi connectivity index (χ1) is 26.9. The highest BCUT2D eigenvalue weighted by atomic mass is 16.6. The third-order valence-electron chi connectivity index (χ3n) is 10.4. The Hall–Kier alpha value is -5.23. The van der Waals surface area contributed by atoms with Crippen molar-refractivity contribution < 1.29 is 23.9 Å². The minimum absolute atomic E-state index is 0.0902. The van der Waals surface area contributed by atoms with E-state index in [4.69, 9.17) is 4.74 Å². The molecule has 12 heteroatoms. The number of carbonyl (C=O) groups excluding carboxylic acids is 4. The summed E-state index contributed by atoms with van der Waals surface area (Å²) in [6.07, 6.45) is 3.16. The Labute approximate surface area is 331 Å². The van der Waals surface area contributed by atoms with E-state index in [9.17, 15) is 19.2 Å². The van der Waals surface area contributed by atoms with Gasteiger partial charge in [0.05, 0.1) is 0 Å². The van der Waals surface area contributed by atoms with Gasteiger partial charge in [0.25, 0.3) is 5.91 Å². The predicted octanol–water partition coefficient (Wildman–Crippen LogP) is 7.68. The van der Waals surface area contributed by atoms with Gasteiger partial charge in [0.15, 0.2) is 12.5 Å². The number of amidine groups is 1. The lowest BCUT2D eigenvalue weighted by Gasteiger charge is -2.29. The van der Waals surface area contributed by atoms with Crippen LogP contribution in [0.5, 0.6) is 0 Å². The lowest BCUT2D eigenvalue weighted by atomic mass is 9.77. The molecule has 3 amide bonds. The molecule has 1 aliphatic heterocycles. The summed E-state index contributed by atoms with van der Waals surface area (Å²) in [6.45, 7) is 13.8. The summed E-state index contributed by atoms with van der Waals surface area (Å²) in [7, 11) is 0. The largest absolute Gasteiger partial charge is 0.444 e. The van der Waals surface area contributed by atoms with Crippen LogP contribution in [0.4, 0.5) is 10.5 Å². The van der Waals surface area contributed by atoms with Gasteiger partial charge in [-0.15, -0.1) is 5.11 Å². The van der Waals surface area contributed by atoms with Crippen LogP contribution in [0.1, 0.15) is 88.2 Å². The van der Waals surface area contributed by atoms with Crippen molar-refractivity contribution in [3.63, 3.8) is 0 Å². The number of alkyl carbamates (subject to hydrolysis) is 1. The molecule has 56 heavy (non-hydrogen) atoms. The van der Waals surface area contributed by atoms with E-state index in [1.807, 2.05) is 93.6 Å². The van der Waals surface area contributed by atoms with Crippen molar-refractivity contribution in [2.75, 3.05) is 44.7 Å². The van der Waals surface area contributed by atoms with Crippen LogP contribution >= 0.6 is 0 Å². The van der Waals surface area contributed by atoms with E-state index in [1.165, 1.54) is 0 Å². The Balaban J connectivity index is 1.23. The molecule has 3 aromatic rings. The number of aliphatic imine (C=N–C) groups is 1. The minimum atomic E-state index is -0.587. The van der Waals surface area contributed by atoms with Crippen LogP contribution in [0.2, 0.25) is 0 Å². The number of Topliss-reactive ketones (excluding diaryl/α,β-unsaturated/α-hetero) is 1. The zero-order valence-electron chi connectivity index (χ0n) is 33.5. The van der Waals surface area contributed by atoms with Gasteiger partial charge in [0, 0.05) is 54.7 Å². The first-order valence-electron chi connectivity index (χ1n) is 19.9. The Morgan fingerprint density at radius 3 is 2.20 bits per heavy atom. The maximum Gasteiger partial charge on any atom is 0.407 e. The fourth-order valence-corrected chi connectivity index (χ4v) is 7.15. The molecular formula is C44H57N7O5. The molecule has 3 aromatic carbocycles. The highest BCUT2D eigenvalue weighted by Gasteiger charge is 2.31. The van der Waals surface area contributed by atoms with Gasteiger partial charge < -0.3 is 25.6 Å². The molecule has 2 aliphatic rings. The third-order valence-corrected chi connectivity index (χ3v) is 10.4. The molecule has 0 aromatic heterocycles. The maximum atomic E-state index is 13.9. The highest BCUT2D eigenvalue weighted by molar-refractivity contribution is 6.01. The number of anilines is 1. The number of nitrogens with one attached hydrogen (secondary N) is 3. The number of benzene rings is 3. The number of nitrogens with zero attached hydrogens (tertiary/aromatic N) is 4. The van der Waals surface area contributed by atoms with E-state index >= 15 is 0 Å². The van der Waals surface area contributed by atoms with E-state index in [2.05, 4.69) is 49.9 Å². The molecule has 1 atom stereocenters. The molecule has 0 radical (unpaired) electrons. The topological polar surface area (TPSA) is 154 Å². The normalized spacial score (nSPS) is 17.2. The second kappa shape index (κ2) is 20.1. The zero-order valence-corrected chi connectivity index (χ0v) is 33.5. The number of azo groups is 1. The van der Waals surface area contributed by atoms with E-state index in [0.717, 1.165) is 67.6 Å². The summed E-state index contributed by atoms with van der Waals surface area (Å²) in [6, 6.07) is 22.9. The quantitative estimate of drug-likeness (QED) is 0.128. The minimum Gasteiger partial charge on any atom is -0.444 e. The van der Waals surface area contributed by atoms with Gasteiger partial charge in [0.2, 0.25) is 5.91 Å². The van der Waals surface area contributed by atoms with Gasteiger partial charge in [-0.1, -0.05) is 50.2 Å². The average molecular weight is 764 g/mol. The number of amides is 3. The molecular weight excluding hydrogens is 707 g/mol. The van der Waals surface area contributed by atoms with Crippen molar-refractivity contribution in [1.29, 1.82) is 0 Å². The molecule has 5 rings (SSSR count). The van der Waals surface area contributed by atoms with E-state index in [-0.39, 0.29) is 35.9 Å². The predicted molar refractivity (Wildman–Crippen MR) is 220 cm³/mol. The number of ether oxygens (including phenoxy) is 1. The molecule has 0 bridgehead atoms. The molecule has 0 spiro atoms. The zero-order chi connectivity index (χ0) is 40.1. The average Bonchev–Trinajstić information content (AvgIpc) is 3.74. The van der Waals surface area contributed by atoms with Crippen LogP contribution in [-0.2, 0) is 20.7 Å². The fourth-order valence-electron chi connectivity index (χ4n) is 7.15. The van der Waals surface area contributed by atoms with Crippen LogP contribution in [0.3, 0.4) is 0 Å². The van der Waals surface area contributed by atoms with Crippen LogP contribution < -0.4 is 16.0 Å². The second-order valence-corrected chi connectivity index (χ2v) is 15.7. The van der Waals surface area contributed by atoms with E-state index in [1.54, 1.807) is 0 Å². The lowest BCUT2D eigenvalue weighted by Crippen LogP contribution is -2.37. The SMILES string of the molecule is CCN(CC)CCNC(=O)c1cccc(-c2ccc(C[C@H](CC(=O)C3CCC(CNC(=O)OC(C)(C)C)CC3)C(=O)Nc3ccc(C4=NCN=N4)cc3)cc2)c1. The summed E-state index contributed by atoms with van der Waals surface area (Å²) in [5, 5.41) is 16.9. The summed E-state index contributed by atoms with van der Waals surface area (Å²) in [4.78, 5) is 59.3. The van der Waals surface area contributed by atoms with Crippen LogP contribution in [0.15, 0.2) is 88.0 Å². The number of hydrogen-bond acceptors (Lipinski definition) is 9. The molecule has 3 N–H and O–H groups in total. The Morgan fingerprint density at radius 2 is 1.55 bits per heavy atom. The molecule has 1 heterocycles. The Morgan fingerprint density at radius 1 is 0.857 bits per heavy atom. The Kier molecular flexibility index (Phi) is 15.0. The highest BCUT2D eigenvalue weighted by Crippen LogP contribution is 2.32. The molecule has 0 saturated heterocycles. The summed E-state index contributed by atoms with van der Waals surface area (Å²) < 4.78 is 5.37. The van der Waals surface area contributed by atoms with E-state index < -0.39 is 17.6 Å². The van der Waals surface area contributed by atoms with E-state index in [0.29, 0.717) is 43.3 Å². The van der Waals surface area contributed by atoms with Crippen molar-refractivity contribution in [3.05, 3.63) is 89.5 Å². The molecule has 298 valence electrons. The molecule has 1 fully saturated rings. The standard InChI is InChI=1S/C44H57N7O5/c1-6-51(7-2)24-23-45-41(53)36-10-8-9-35(26-36)32-15-11-30(12-16-32)25-37(42(54)49-38-21-19-34(20-22-38)40-47-29-48-50-40)27-39(52)33-17-13-31(14-18-33)28-46-43(55)56-44(3,4)5/h8-12,15-16,19-22,26,31,33,37H,6-7,13-14,17-18,23-25,27-29H2,1-5H3,(H,45,53)(H,46,55)(H,49,54)/t31?,33?,37-/m1/s1. The molecule has 12 nitrogen and oxygen atoms in total. The van der Waals surface area contributed by atoms with Crippen LogP contribution in [-0.4, -0.2) is 79.4 Å². The van der Waals surface area contributed by atoms with Gasteiger partial charge in [0.1, 0.15) is 11.4 Å². The van der Waals surface area contributed by atoms with Crippen molar-refractivity contribution in [3.8, 4) is 11.1 Å². The van der Waals surface area contributed by atoms with Gasteiger partial charge in [-0.25, -0.2) is 9.79 Å². The number of ketones is 1. The molecule has 1 saturated carbocycles. The second-order valence-electron chi connectivity index (χ2n) is 15.7. The van der Waals surface area contributed by atoms with Crippen molar-refractivity contribution in [2.45, 2.75) is 78.7 Å². The van der Waals surface area contributed by atoms with Crippen LogP contribution in [0.25, 0.3) is 11.1 Å². The summed E-state index contributed by atoms with van der Waals surface area (Å²) >= 11 is 0. The fraction of sp³-hybridized carbons (Fsp3) is 0.477. The van der Waals surface area contributed by atoms with Crippen molar-refractivity contribution in [1.82, 2.24) is 15.5 Å². The third kappa shape index (κ3) is 12.7.